The lowest BCUT2D eigenvalue weighted by molar-refractivity contribution is 0.102. The van der Waals surface area contributed by atoms with Crippen molar-refractivity contribution in [3.63, 3.8) is 0 Å². The summed E-state index contributed by atoms with van der Waals surface area (Å²) in [5.41, 5.74) is 3.55. The predicted octanol–water partition coefficient (Wildman–Crippen LogP) is 5.37. The molecule has 0 bridgehead atoms. The van der Waals surface area contributed by atoms with E-state index < -0.39 is 0 Å². The van der Waals surface area contributed by atoms with Gasteiger partial charge in [-0.3, -0.25) is 14.2 Å². The maximum atomic E-state index is 12.9. The van der Waals surface area contributed by atoms with Crippen LogP contribution in [0.4, 0.5) is 0 Å². The molecule has 148 valence electrons. The highest BCUT2D eigenvalue weighted by molar-refractivity contribution is 7.99. The number of rotatable bonds is 6. The van der Waals surface area contributed by atoms with Crippen LogP contribution in [-0.2, 0) is 0 Å². The van der Waals surface area contributed by atoms with Crippen LogP contribution < -0.4 is 5.56 Å². The van der Waals surface area contributed by atoms with Gasteiger partial charge in [0.15, 0.2) is 10.9 Å². The number of hydrogen-bond acceptors (Lipinski definition) is 4. The first-order valence-corrected chi connectivity index (χ1v) is 11.0. The van der Waals surface area contributed by atoms with Crippen LogP contribution in [0, 0.1) is 0 Å². The van der Waals surface area contributed by atoms with Gasteiger partial charge in [0.1, 0.15) is 0 Å². The molecule has 0 N–H and O–H groups in total. The van der Waals surface area contributed by atoms with Gasteiger partial charge in [-0.2, -0.15) is 0 Å². The van der Waals surface area contributed by atoms with Crippen molar-refractivity contribution >= 4 is 28.4 Å². The van der Waals surface area contributed by atoms with Gasteiger partial charge < -0.3 is 0 Å². The van der Waals surface area contributed by atoms with Gasteiger partial charge >= 0.3 is 0 Å². The molecule has 5 rings (SSSR count). The third-order valence-corrected chi connectivity index (χ3v) is 6.29. The minimum Gasteiger partial charge on any atom is -0.293 e. The van der Waals surface area contributed by atoms with Gasteiger partial charge in [-0.15, -0.1) is 0 Å². The monoisotopic (exact) mass is 412 g/mol. The first-order chi connectivity index (χ1) is 14.7. The molecule has 4 nitrogen and oxygen atoms in total. The average Bonchev–Trinajstić information content (AvgIpc) is 3.63. The zero-order valence-corrected chi connectivity index (χ0v) is 17.1. The molecule has 1 aliphatic carbocycles. The van der Waals surface area contributed by atoms with E-state index in [2.05, 4.69) is 12.1 Å². The van der Waals surface area contributed by atoms with E-state index in [0.29, 0.717) is 21.6 Å². The van der Waals surface area contributed by atoms with Crippen molar-refractivity contribution in [1.29, 1.82) is 0 Å². The van der Waals surface area contributed by atoms with E-state index >= 15 is 0 Å². The fourth-order valence-corrected chi connectivity index (χ4v) is 4.54. The maximum Gasteiger partial charge on any atom is 0.262 e. The molecule has 1 saturated carbocycles. The van der Waals surface area contributed by atoms with E-state index in [1.54, 1.807) is 4.57 Å². The number of aromatic nitrogens is 2. The van der Waals surface area contributed by atoms with E-state index in [4.69, 9.17) is 4.98 Å². The van der Waals surface area contributed by atoms with Gasteiger partial charge in [-0.1, -0.05) is 78.5 Å². The number of Topliss-reactive ketones (excluding diaryl/α,β-unsaturated/α-hetero) is 1. The zero-order valence-electron chi connectivity index (χ0n) is 16.3. The molecule has 0 spiro atoms. The van der Waals surface area contributed by atoms with Crippen molar-refractivity contribution < 1.29 is 4.79 Å². The molecule has 3 aromatic carbocycles. The van der Waals surface area contributed by atoms with E-state index in [9.17, 15) is 9.59 Å². The number of fused-ring (bicyclic) bond motifs is 1. The van der Waals surface area contributed by atoms with Crippen LogP contribution in [0.2, 0.25) is 0 Å². The largest absolute Gasteiger partial charge is 0.293 e. The number of carbonyl (C=O) groups is 1. The van der Waals surface area contributed by atoms with Gasteiger partial charge in [-0.05, 0) is 36.1 Å². The zero-order chi connectivity index (χ0) is 20.5. The number of nitrogens with zero attached hydrogens (tertiary/aromatic N) is 2. The van der Waals surface area contributed by atoms with Crippen molar-refractivity contribution in [2.75, 3.05) is 5.75 Å². The summed E-state index contributed by atoms with van der Waals surface area (Å²) in [6.45, 7) is 0. The Morgan fingerprint density at radius 3 is 2.30 bits per heavy atom. The number of para-hydroxylation sites is 1. The van der Waals surface area contributed by atoms with Crippen LogP contribution in [0.5, 0.6) is 0 Å². The first-order valence-electron chi connectivity index (χ1n) is 10.0. The minimum atomic E-state index is -0.00902. The van der Waals surface area contributed by atoms with E-state index in [-0.39, 0.29) is 23.1 Å². The lowest BCUT2D eigenvalue weighted by Gasteiger charge is -2.12. The normalized spacial score (nSPS) is 13.5. The van der Waals surface area contributed by atoms with Gasteiger partial charge in [0.25, 0.3) is 5.56 Å². The Bertz CT molecular complexity index is 1280. The fourth-order valence-electron chi connectivity index (χ4n) is 3.57. The highest BCUT2D eigenvalue weighted by Crippen LogP contribution is 2.37. The number of benzene rings is 3. The van der Waals surface area contributed by atoms with Crippen molar-refractivity contribution in [2.24, 2.45) is 0 Å². The molecule has 0 amide bonds. The summed E-state index contributed by atoms with van der Waals surface area (Å²) < 4.78 is 1.78. The summed E-state index contributed by atoms with van der Waals surface area (Å²) in [6.07, 6.45) is 1.98. The summed E-state index contributed by atoms with van der Waals surface area (Å²) in [5.74, 6) is 0.284. The Labute approximate surface area is 178 Å². The van der Waals surface area contributed by atoms with Crippen LogP contribution >= 0.6 is 11.8 Å². The van der Waals surface area contributed by atoms with E-state index in [1.807, 2.05) is 66.7 Å². The average molecular weight is 413 g/mol. The second-order valence-electron chi connectivity index (χ2n) is 7.47. The predicted molar refractivity (Wildman–Crippen MR) is 121 cm³/mol. The Hall–Kier alpha value is -3.18. The molecule has 1 fully saturated rings. The van der Waals surface area contributed by atoms with Gasteiger partial charge in [-0.25, -0.2) is 4.98 Å². The molecule has 30 heavy (non-hydrogen) atoms. The summed E-state index contributed by atoms with van der Waals surface area (Å²) in [6, 6.07) is 25.4. The van der Waals surface area contributed by atoms with Crippen molar-refractivity contribution in [1.82, 2.24) is 9.55 Å². The van der Waals surface area contributed by atoms with Crippen molar-refractivity contribution in [2.45, 2.75) is 24.0 Å². The van der Waals surface area contributed by atoms with Gasteiger partial charge in [0, 0.05) is 11.6 Å². The van der Waals surface area contributed by atoms with Crippen LogP contribution in [0.15, 0.2) is 88.8 Å². The molecule has 0 aliphatic heterocycles. The molecule has 1 heterocycles. The molecule has 1 aromatic heterocycles. The third kappa shape index (κ3) is 3.68. The number of thioether (sulfide) groups is 1. The summed E-state index contributed by atoms with van der Waals surface area (Å²) in [4.78, 5) is 30.4. The Balaban J connectivity index is 1.37. The highest BCUT2D eigenvalue weighted by Gasteiger charge is 2.28. The summed E-state index contributed by atoms with van der Waals surface area (Å²) in [5, 5.41) is 1.27. The van der Waals surface area contributed by atoms with E-state index in [1.165, 1.54) is 11.8 Å². The Morgan fingerprint density at radius 1 is 0.900 bits per heavy atom. The molecule has 4 aromatic rings. The molecule has 0 saturated heterocycles. The summed E-state index contributed by atoms with van der Waals surface area (Å²) >= 11 is 1.35. The Kier molecular flexibility index (Phi) is 4.97. The van der Waals surface area contributed by atoms with Crippen LogP contribution in [0.3, 0.4) is 0 Å². The molecule has 0 atom stereocenters. The number of ketones is 1. The second kappa shape index (κ2) is 7.92. The number of carbonyl (C=O) groups excluding carboxylic acids is 1. The minimum absolute atomic E-state index is 0.00902. The van der Waals surface area contributed by atoms with Gasteiger partial charge in [0.05, 0.1) is 16.7 Å². The van der Waals surface area contributed by atoms with E-state index in [0.717, 1.165) is 24.0 Å². The lowest BCUT2D eigenvalue weighted by Crippen LogP contribution is -2.22. The molecule has 5 heteroatoms. The summed E-state index contributed by atoms with van der Waals surface area (Å²) in [7, 11) is 0. The molecular weight excluding hydrogens is 392 g/mol. The maximum absolute atomic E-state index is 12.9. The molecule has 1 aliphatic rings. The first kappa shape index (κ1) is 18.8. The van der Waals surface area contributed by atoms with Gasteiger partial charge in [0.2, 0.25) is 0 Å². The smallest absolute Gasteiger partial charge is 0.262 e. The number of hydrogen-bond donors (Lipinski definition) is 0. The van der Waals surface area contributed by atoms with Crippen LogP contribution in [-0.4, -0.2) is 21.1 Å². The fraction of sp³-hybridized carbons (Fsp3) is 0.160. The second-order valence-corrected chi connectivity index (χ2v) is 8.42. The quantitative estimate of drug-likeness (QED) is 0.243. The molecule has 0 radical (unpaired) electrons. The van der Waals surface area contributed by atoms with Crippen molar-refractivity contribution in [3.05, 3.63) is 94.8 Å². The van der Waals surface area contributed by atoms with Crippen molar-refractivity contribution in [3.8, 4) is 11.1 Å². The molecular formula is C25H20N2O2S. The molecule has 0 unspecified atom stereocenters. The topological polar surface area (TPSA) is 52.0 Å². The van der Waals surface area contributed by atoms with Crippen LogP contribution in [0.25, 0.3) is 22.0 Å². The standard InChI is InChI=1S/C25H20N2O2S/c28-23(19-12-10-18(11-13-19)17-6-2-1-3-7-17)16-30-25-26-22-9-5-4-8-21(22)24(29)27(25)20-14-15-20/h1-13,20H,14-16H2. The van der Waals surface area contributed by atoms with Crippen LogP contribution in [0.1, 0.15) is 29.2 Å². The Morgan fingerprint density at radius 2 is 1.57 bits per heavy atom. The lowest BCUT2D eigenvalue weighted by atomic mass is 10.0. The third-order valence-electron chi connectivity index (χ3n) is 5.33. The highest BCUT2D eigenvalue weighted by atomic mass is 32.2. The SMILES string of the molecule is O=C(CSc1nc2ccccc2c(=O)n1C1CC1)c1ccc(-c2ccccc2)cc1.